The van der Waals surface area contributed by atoms with Crippen LogP contribution in [0.15, 0.2) is 0 Å². The van der Waals surface area contributed by atoms with Gasteiger partial charge < -0.3 is 9.47 Å². The van der Waals surface area contributed by atoms with Crippen molar-refractivity contribution < 1.29 is 19.1 Å². The van der Waals surface area contributed by atoms with Crippen molar-refractivity contribution in [1.82, 2.24) is 0 Å². The minimum absolute atomic E-state index is 0.0233. The van der Waals surface area contributed by atoms with Crippen molar-refractivity contribution in [3.05, 3.63) is 0 Å². The maximum Gasteiger partial charge on any atom is 0.306 e. The van der Waals surface area contributed by atoms with Crippen molar-refractivity contribution in [1.29, 1.82) is 0 Å². The van der Waals surface area contributed by atoms with Crippen LogP contribution in [0.1, 0.15) is 97.8 Å². The second-order valence-corrected chi connectivity index (χ2v) is 6.28. The van der Waals surface area contributed by atoms with E-state index in [1.54, 1.807) is 0 Å². The third kappa shape index (κ3) is 15.6. The molecule has 4 nitrogen and oxygen atoms in total. The third-order valence-corrected chi connectivity index (χ3v) is 3.82. The number of hydrogen-bond acceptors (Lipinski definition) is 4. The second-order valence-electron chi connectivity index (χ2n) is 6.28. The predicted molar refractivity (Wildman–Crippen MR) is 93.3 cm³/mol. The van der Waals surface area contributed by atoms with Gasteiger partial charge in [-0.2, -0.15) is 0 Å². The zero-order valence-corrected chi connectivity index (χ0v) is 15.4. The van der Waals surface area contributed by atoms with Gasteiger partial charge in [0.1, 0.15) is 0 Å². The van der Waals surface area contributed by atoms with E-state index in [1.807, 2.05) is 6.92 Å². The Morgan fingerprint density at radius 2 is 1.39 bits per heavy atom. The lowest BCUT2D eigenvalue weighted by atomic mass is 10.1. The van der Waals surface area contributed by atoms with Crippen LogP contribution >= 0.6 is 0 Å². The van der Waals surface area contributed by atoms with Gasteiger partial charge in [0.05, 0.1) is 12.7 Å². The maximum absolute atomic E-state index is 11.7. The SMILES string of the molecule is CCCCCCOC(=O)CCCC(=O)OC(C)CCCCCC. The Morgan fingerprint density at radius 3 is 2.04 bits per heavy atom. The first-order valence-electron chi connectivity index (χ1n) is 9.45. The average molecular weight is 328 g/mol. The molecule has 1 unspecified atom stereocenters. The van der Waals surface area contributed by atoms with Gasteiger partial charge in [-0.25, -0.2) is 0 Å². The fraction of sp³-hybridized carbons (Fsp3) is 0.895. The molecule has 0 bridgehead atoms. The average Bonchev–Trinajstić information content (AvgIpc) is 2.51. The van der Waals surface area contributed by atoms with Gasteiger partial charge in [0.2, 0.25) is 0 Å². The number of hydrogen-bond donors (Lipinski definition) is 0. The molecule has 0 saturated heterocycles. The lowest BCUT2D eigenvalue weighted by Crippen LogP contribution is -2.15. The van der Waals surface area contributed by atoms with E-state index >= 15 is 0 Å². The first-order valence-corrected chi connectivity index (χ1v) is 9.45. The maximum atomic E-state index is 11.7. The van der Waals surface area contributed by atoms with Gasteiger partial charge >= 0.3 is 11.9 Å². The Balaban J connectivity index is 3.52. The fourth-order valence-corrected chi connectivity index (χ4v) is 2.36. The molecule has 1 atom stereocenters. The summed E-state index contributed by atoms with van der Waals surface area (Å²) in [6.45, 7) is 6.77. The van der Waals surface area contributed by atoms with Gasteiger partial charge in [-0.05, 0) is 32.6 Å². The summed E-state index contributed by atoms with van der Waals surface area (Å²) in [5.41, 5.74) is 0. The second kappa shape index (κ2) is 15.8. The van der Waals surface area contributed by atoms with Crippen LogP contribution in [-0.4, -0.2) is 24.6 Å². The van der Waals surface area contributed by atoms with E-state index in [2.05, 4.69) is 13.8 Å². The van der Waals surface area contributed by atoms with Crippen LogP contribution < -0.4 is 0 Å². The summed E-state index contributed by atoms with van der Waals surface area (Å²) in [6.07, 6.45) is 11.1. The smallest absolute Gasteiger partial charge is 0.306 e. The molecule has 136 valence electrons. The van der Waals surface area contributed by atoms with E-state index in [0.29, 0.717) is 25.9 Å². The molecule has 0 fully saturated rings. The topological polar surface area (TPSA) is 52.6 Å². The zero-order chi connectivity index (χ0) is 17.3. The van der Waals surface area contributed by atoms with Crippen LogP contribution in [0.2, 0.25) is 0 Å². The summed E-state index contributed by atoms with van der Waals surface area (Å²) < 4.78 is 10.5. The molecule has 0 aromatic heterocycles. The highest BCUT2D eigenvalue weighted by atomic mass is 16.5. The molecule has 4 heteroatoms. The summed E-state index contributed by atoms with van der Waals surface area (Å²) in [7, 11) is 0. The van der Waals surface area contributed by atoms with Gasteiger partial charge in [0, 0.05) is 12.8 Å². The van der Waals surface area contributed by atoms with Crippen molar-refractivity contribution in [3.8, 4) is 0 Å². The summed E-state index contributed by atoms with van der Waals surface area (Å²) in [6, 6.07) is 0. The number of unbranched alkanes of at least 4 members (excludes halogenated alkanes) is 6. The molecule has 0 aromatic carbocycles. The highest BCUT2D eigenvalue weighted by Crippen LogP contribution is 2.10. The Morgan fingerprint density at radius 1 is 0.783 bits per heavy atom. The van der Waals surface area contributed by atoms with E-state index in [0.717, 1.165) is 25.7 Å². The first kappa shape index (κ1) is 21.9. The molecule has 0 aromatic rings. The lowest BCUT2D eigenvalue weighted by Gasteiger charge is -2.13. The zero-order valence-electron chi connectivity index (χ0n) is 15.4. The minimum atomic E-state index is -0.207. The predicted octanol–water partition coefficient (Wildman–Crippen LogP) is 5.18. The quantitative estimate of drug-likeness (QED) is 0.307. The molecule has 0 radical (unpaired) electrons. The van der Waals surface area contributed by atoms with Gasteiger partial charge in [-0.15, -0.1) is 0 Å². The Labute approximate surface area is 142 Å². The van der Waals surface area contributed by atoms with Gasteiger partial charge in [0.25, 0.3) is 0 Å². The van der Waals surface area contributed by atoms with Crippen LogP contribution in [0, 0.1) is 0 Å². The molecule has 0 amide bonds. The van der Waals surface area contributed by atoms with E-state index in [-0.39, 0.29) is 18.0 Å². The van der Waals surface area contributed by atoms with E-state index in [1.165, 1.54) is 32.1 Å². The van der Waals surface area contributed by atoms with Crippen LogP contribution in [0.25, 0.3) is 0 Å². The molecule has 0 aliphatic carbocycles. The summed E-state index contributed by atoms with van der Waals surface area (Å²) in [5, 5.41) is 0. The largest absolute Gasteiger partial charge is 0.466 e. The first-order chi connectivity index (χ1) is 11.1. The third-order valence-electron chi connectivity index (χ3n) is 3.82. The molecule has 0 N–H and O–H groups in total. The Kier molecular flexibility index (Phi) is 15.1. The number of esters is 2. The highest BCUT2D eigenvalue weighted by Gasteiger charge is 2.11. The molecular formula is C19H36O4. The van der Waals surface area contributed by atoms with E-state index in [9.17, 15) is 9.59 Å². The molecule has 0 heterocycles. The van der Waals surface area contributed by atoms with E-state index < -0.39 is 0 Å². The van der Waals surface area contributed by atoms with Crippen molar-refractivity contribution >= 4 is 11.9 Å². The Hall–Kier alpha value is -1.06. The van der Waals surface area contributed by atoms with Crippen LogP contribution in [0.4, 0.5) is 0 Å². The molecule has 0 spiro atoms. The van der Waals surface area contributed by atoms with Crippen molar-refractivity contribution in [2.75, 3.05) is 6.61 Å². The van der Waals surface area contributed by atoms with Crippen LogP contribution in [0.3, 0.4) is 0 Å². The van der Waals surface area contributed by atoms with Crippen LogP contribution in [0.5, 0.6) is 0 Å². The molecule has 0 aliphatic heterocycles. The van der Waals surface area contributed by atoms with Gasteiger partial charge in [-0.1, -0.05) is 52.4 Å². The highest BCUT2D eigenvalue weighted by molar-refractivity contribution is 5.72. The van der Waals surface area contributed by atoms with Crippen molar-refractivity contribution in [2.24, 2.45) is 0 Å². The van der Waals surface area contributed by atoms with Crippen molar-refractivity contribution in [2.45, 2.75) is 104 Å². The fourth-order valence-electron chi connectivity index (χ4n) is 2.36. The summed E-state index contributed by atoms with van der Waals surface area (Å²) in [4.78, 5) is 23.2. The van der Waals surface area contributed by atoms with E-state index in [4.69, 9.17) is 9.47 Å². The van der Waals surface area contributed by atoms with Gasteiger partial charge in [-0.3, -0.25) is 9.59 Å². The standard InChI is InChI=1S/C19H36O4/c1-4-6-8-10-13-17(3)23-19(21)15-12-14-18(20)22-16-11-9-7-5-2/h17H,4-16H2,1-3H3. The van der Waals surface area contributed by atoms with Crippen molar-refractivity contribution in [3.63, 3.8) is 0 Å². The number of ether oxygens (including phenoxy) is 2. The number of rotatable bonds is 15. The molecule has 0 rings (SSSR count). The lowest BCUT2D eigenvalue weighted by molar-refractivity contribution is -0.149. The normalized spacial score (nSPS) is 12.0. The summed E-state index contributed by atoms with van der Waals surface area (Å²) >= 11 is 0. The molecule has 23 heavy (non-hydrogen) atoms. The molecule has 0 saturated carbocycles. The van der Waals surface area contributed by atoms with Gasteiger partial charge in [0.15, 0.2) is 0 Å². The number of carbonyl (C=O) groups excluding carboxylic acids is 2. The minimum Gasteiger partial charge on any atom is -0.466 e. The Bertz CT molecular complexity index is 302. The number of carbonyl (C=O) groups is 2. The monoisotopic (exact) mass is 328 g/mol. The molecule has 0 aliphatic rings. The summed E-state index contributed by atoms with van der Waals surface area (Å²) in [5.74, 6) is -0.411. The van der Waals surface area contributed by atoms with Crippen LogP contribution in [-0.2, 0) is 19.1 Å². The molecular weight excluding hydrogens is 292 g/mol.